The average molecular weight is 1020 g/mol. The highest BCUT2D eigenvalue weighted by Crippen LogP contribution is 2.14. The third-order valence-electron chi connectivity index (χ3n) is 14.4. The Morgan fingerprint density at radius 3 is 0.767 bits per heavy atom. The Labute approximate surface area is 456 Å². The first-order chi connectivity index (χ1) is 36.0. The van der Waals surface area contributed by atoms with Gasteiger partial charge in [0.05, 0.1) is 12.2 Å². The second-order valence-corrected chi connectivity index (χ2v) is 21.7. The standard InChI is InChI=1S/C66H127N5O2/c1-4-7-10-13-16-19-22-25-28-31-34-37-40-43-46-49-54-69(57-52-59-70(63-65(72)61-67)55-50-47-44-41-38-35-32-29-26-23-20-17-14-11-8-5-2)58-53-60-71(64-66(73)62-68)56-51-48-45-42-39-36-33-30-27-24-21-18-15-12-9-6-3/h16-21,25-30,65-66,72-73H,4-15,22-24,31-64,67-68H2,1-3H3/b19-16+,20-17?,21-18?,28-25-,29-26-,30-27+. The first-order valence-electron chi connectivity index (χ1n) is 31.8. The molecule has 0 aliphatic rings. The van der Waals surface area contributed by atoms with E-state index in [0.29, 0.717) is 26.2 Å². The van der Waals surface area contributed by atoms with E-state index >= 15 is 0 Å². The molecule has 0 aliphatic heterocycles. The molecule has 2 unspecified atom stereocenters. The quantitative estimate of drug-likeness (QED) is 0.0356. The lowest BCUT2D eigenvalue weighted by molar-refractivity contribution is 0.109. The average Bonchev–Trinajstić information content (AvgIpc) is 3.39. The van der Waals surface area contributed by atoms with E-state index in [2.05, 4.69) is 108 Å². The van der Waals surface area contributed by atoms with E-state index in [-0.39, 0.29) is 0 Å². The zero-order valence-electron chi connectivity index (χ0n) is 49.1. The number of unbranched alkanes of at least 4 members (excludes halogenated alkanes) is 27. The number of nitrogens with two attached hydrogens (primary N) is 2. The summed E-state index contributed by atoms with van der Waals surface area (Å²) < 4.78 is 0. The number of rotatable bonds is 59. The second-order valence-electron chi connectivity index (χ2n) is 21.7. The van der Waals surface area contributed by atoms with Gasteiger partial charge >= 0.3 is 0 Å². The molecule has 2 atom stereocenters. The minimum absolute atomic E-state index is 0.324. The molecule has 0 saturated carbocycles. The van der Waals surface area contributed by atoms with Crippen molar-refractivity contribution >= 4 is 0 Å². The van der Waals surface area contributed by atoms with E-state index < -0.39 is 12.2 Å². The molecule has 0 radical (unpaired) electrons. The highest BCUT2D eigenvalue weighted by molar-refractivity contribution is 4.94. The van der Waals surface area contributed by atoms with Crippen LogP contribution in [0.25, 0.3) is 0 Å². The molecular weight excluding hydrogens is 895 g/mol. The number of hydrogen-bond acceptors (Lipinski definition) is 7. The molecule has 0 amide bonds. The smallest absolute Gasteiger partial charge is 0.0789 e. The van der Waals surface area contributed by atoms with Gasteiger partial charge in [-0.2, -0.15) is 0 Å². The maximum atomic E-state index is 10.6. The van der Waals surface area contributed by atoms with E-state index in [9.17, 15) is 10.2 Å². The highest BCUT2D eigenvalue weighted by atomic mass is 16.3. The van der Waals surface area contributed by atoms with E-state index in [4.69, 9.17) is 11.5 Å². The summed E-state index contributed by atoms with van der Waals surface area (Å²) in [7, 11) is 0. The molecule has 0 spiro atoms. The number of nitrogens with zero attached hydrogens (tertiary/aromatic N) is 3. The molecule has 428 valence electrons. The van der Waals surface area contributed by atoms with Gasteiger partial charge in [-0.25, -0.2) is 0 Å². The van der Waals surface area contributed by atoms with Crippen LogP contribution in [-0.4, -0.2) is 109 Å². The van der Waals surface area contributed by atoms with Gasteiger partial charge < -0.3 is 36.4 Å². The van der Waals surface area contributed by atoms with Gasteiger partial charge in [-0.15, -0.1) is 0 Å². The van der Waals surface area contributed by atoms with Crippen LogP contribution in [0.5, 0.6) is 0 Å². The van der Waals surface area contributed by atoms with Crippen molar-refractivity contribution in [1.82, 2.24) is 14.7 Å². The van der Waals surface area contributed by atoms with Gasteiger partial charge in [-0.1, -0.05) is 209 Å². The fraction of sp³-hybridized carbons (Fsp3) is 0.818. The molecule has 73 heavy (non-hydrogen) atoms. The lowest BCUT2D eigenvalue weighted by Crippen LogP contribution is -2.40. The van der Waals surface area contributed by atoms with Crippen LogP contribution >= 0.6 is 0 Å². The predicted molar refractivity (Wildman–Crippen MR) is 327 cm³/mol. The molecule has 0 heterocycles. The van der Waals surface area contributed by atoms with Crippen LogP contribution in [-0.2, 0) is 0 Å². The normalized spacial score (nSPS) is 13.6. The fourth-order valence-electron chi connectivity index (χ4n) is 9.68. The largest absolute Gasteiger partial charge is 0.390 e. The first-order valence-corrected chi connectivity index (χ1v) is 31.8. The zero-order chi connectivity index (χ0) is 53.0. The summed E-state index contributed by atoms with van der Waals surface area (Å²) in [4.78, 5) is 7.70. The van der Waals surface area contributed by atoms with Gasteiger partial charge in [0.25, 0.3) is 0 Å². The fourth-order valence-corrected chi connectivity index (χ4v) is 9.68. The Bertz CT molecular complexity index is 1180. The molecule has 0 saturated heterocycles. The van der Waals surface area contributed by atoms with Crippen LogP contribution < -0.4 is 11.5 Å². The summed E-state index contributed by atoms with van der Waals surface area (Å²) in [6, 6.07) is 0. The molecule has 0 rings (SSSR count). The summed E-state index contributed by atoms with van der Waals surface area (Å²) in [5.74, 6) is 0. The molecule has 0 bridgehead atoms. The van der Waals surface area contributed by atoms with Gasteiger partial charge in [0.2, 0.25) is 0 Å². The molecule has 0 aliphatic carbocycles. The van der Waals surface area contributed by atoms with Gasteiger partial charge in [0, 0.05) is 26.2 Å². The lowest BCUT2D eigenvalue weighted by Gasteiger charge is -2.29. The Kier molecular flexibility index (Phi) is 59.5. The van der Waals surface area contributed by atoms with Crippen molar-refractivity contribution < 1.29 is 10.2 Å². The maximum absolute atomic E-state index is 10.6. The van der Waals surface area contributed by atoms with Crippen molar-refractivity contribution in [2.75, 3.05) is 72.0 Å². The summed E-state index contributed by atoms with van der Waals surface area (Å²) >= 11 is 0. The van der Waals surface area contributed by atoms with Crippen molar-refractivity contribution in [1.29, 1.82) is 0 Å². The van der Waals surface area contributed by atoms with Crippen LogP contribution in [0.15, 0.2) is 72.9 Å². The summed E-state index contributed by atoms with van der Waals surface area (Å²) in [6.07, 6.45) is 75.2. The molecule has 7 nitrogen and oxygen atoms in total. The van der Waals surface area contributed by atoms with Crippen molar-refractivity contribution in [3.05, 3.63) is 72.9 Å². The number of allylic oxidation sites excluding steroid dienone is 12. The van der Waals surface area contributed by atoms with Crippen LogP contribution in [0.2, 0.25) is 0 Å². The van der Waals surface area contributed by atoms with E-state index in [1.165, 1.54) is 212 Å². The van der Waals surface area contributed by atoms with Crippen LogP contribution in [0, 0.1) is 0 Å². The topological polar surface area (TPSA) is 102 Å². The third-order valence-corrected chi connectivity index (χ3v) is 14.4. The van der Waals surface area contributed by atoms with E-state index in [1.54, 1.807) is 0 Å². The predicted octanol–water partition coefficient (Wildman–Crippen LogP) is 16.8. The minimum Gasteiger partial charge on any atom is -0.390 e. The van der Waals surface area contributed by atoms with Gasteiger partial charge in [0.15, 0.2) is 0 Å². The first kappa shape index (κ1) is 71.2. The molecule has 6 N–H and O–H groups in total. The Morgan fingerprint density at radius 1 is 0.274 bits per heavy atom. The molecule has 0 fully saturated rings. The highest BCUT2D eigenvalue weighted by Gasteiger charge is 2.14. The Morgan fingerprint density at radius 2 is 0.493 bits per heavy atom. The van der Waals surface area contributed by atoms with Crippen LogP contribution in [0.3, 0.4) is 0 Å². The SMILES string of the molecule is CCCCCC=CC/C=C\CCCCCCCCN(CCCN(CCCCCCCC/C=C\C/C=C/CCCCC)CCCN(CCCCCCCC/C=C/CC=CCCCCC)CC(O)CN)CC(O)CN. The molecule has 0 aromatic carbocycles. The van der Waals surface area contributed by atoms with Crippen molar-refractivity contribution in [3.8, 4) is 0 Å². The maximum Gasteiger partial charge on any atom is 0.0789 e. The number of aliphatic hydroxyl groups excluding tert-OH is 2. The Hall–Kier alpha value is -1.84. The van der Waals surface area contributed by atoms with Gasteiger partial charge in [-0.05, 0) is 174 Å². The van der Waals surface area contributed by atoms with Gasteiger partial charge in [-0.3, -0.25) is 0 Å². The third kappa shape index (κ3) is 56.2. The van der Waals surface area contributed by atoms with Gasteiger partial charge in [0.1, 0.15) is 0 Å². The molecule has 7 heteroatoms. The van der Waals surface area contributed by atoms with Crippen molar-refractivity contribution in [3.63, 3.8) is 0 Å². The second kappa shape index (κ2) is 61.0. The summed E-state index contributed by atoms with van der Waals surface area (Å²) in [5.41, 5.74) is 11.8. The van der Waals surface area contributed by atoms with E-state index in [0.717, 1.165) is 77.9 Å². The number of aliphatic hydroxyl groups is 2. The Balaban J connectivity index is 4.96. The summed E-state index contributed by atoms with van der Waals surface area (Å²) in [5, 5.41) is 21.2. The molecule has 0 aromatic rings. The molecule has 0 aromatic heterocycles. The van der Waals surface area contributed by atoms with Crippen LogP contribution in [0.4, 0.5) is 0 Å². The molecular formula is C66H127N5O2. The number of hydrogen-bond donors (Lipinski definition) is 4. The lowest BCUT2D eigenvalue weighted by atomic mass is 10.1. The van der Waals surface area contributed by atoms with Crippen LogP contribution in [0.1, 0.15) is 265 Å². The minimum atomic E-state index is -0.460. The summed E-state index contributed by atoms with van der Waals surface area (Å²) in [6.45, 7) is 16.3. The van der Waals surface area contributed by atoms with Crippen molar-refractivity contribution in [2.24, 2.45) is 11.5 Å². The van der Waals surface area contributed by atoms with E-state index in [1.807, 2.05) is 0 Å². The zero-order valence-corrected chi connectivity index (χ0v) is 49.1. The van der Waals surface area contributed by atoms with Crippen molar-refractivity contribution in [2.45, 2.75) is 277 Å². The monoisotopic (exact) mass is 1020 g/mol.